The Morgan fingerprint density at radius 3 is 0.824 bits per heavy atom. The molecule has 0 unspecified atom stereocenters. The van der Waals surface area contributed by atoms with Gasteiger partial charge in [-0.2, -0.15) is 0 Å². The second-order valence-corrected chi connectivity index (χ2v) is 15.8. The lowest BCUT2D eigenvalue weighted by Gasteiger charge is -2.43. The molecule has 6 nitrogen and oxygen atoms in total. The van der Waals surface area contributed by atoms with Gasteiger partial charge in [-0.05, 0) is 94.2 Å². The maximum Gasteiger partial charge on any atom is 0.230 e. The van der Waals surface area contributed by atoms with Crippen molar-refractivity contribution in [3.63, 3.8) is 0 Å². The number of para-hydroxylation sites is 3. The van der Waals surface area contributed by atoms with Crippen LogP contribution in [0.2, 0.25) is 0 Å². The average molecular weight is 688 g/mol. The molecule has 0 bridgehead atoms. The Morgan fingerprint density at radius 2 is 0.588 bits per heavy atom. The van der Waals surface area contributed by atoms with Crippen LogP contribution in [0.1, 0.15) is 116 Å². The van der Waals surface area contributed by atoms with Crippen molar-refractivity contribution in [2.24, 2.45) is 17.8 Å². The summed E-state index contributed by atoms with van der Waals surface area (Å²) in [5.41, 5.74) is 2.81. The molecule has 4 aliphatic carbocycles. The Balaban J connectivity index is 1.25. The first kappa shape index (κ1) is 35.5. The third-order valence-corrected chi connectivity index (χ3v) is 12.4. The summed E-state index contributed by atoms with van der Waals surface area (Å²) in [6.07, 6.45) is 17.7. The molecule has 270 valence electrons. The van der Waals surface area contributed by atoms with E-state index in [9.17, 15) is 0 Å². The van der Waals surface area contributed by atoms with Gasteiger partial charge in [-0.15, -0.1) is 0 Å². The highest BCUT2D eigenvalue weighted by molar-refractivity contribution is 6.01. The number of carbonyl (C=O) groups excluding carboxylic acids is 3. The van der Waals surface area contributed by atoms with Gasteiger partial charge < -0.3 is 14.7 Å². The minimum atomic E-state index is -0.406. The second-order valence-electron chi connectivity index (χ2n) is 15.8. The van der Waals surface area contributed by atoms with Gasteiger partial charge in [0.25, 0.3) is 0 Å². The number of nitrogens with zero attached hydrogens (tertiary/aromatic N) is 3. The zero-order valence-corrected chi connectivity index (χ0v) is 30.4. The molecule has 0 spiro atoms. The molecular formula is C45H57N3O3. The molecule has 3 aromatic carbocycles. The van der Waals surface area contributed by atoms with Crippen LogP contribution >= 0.6 is 0 Å². The Kier molecular flexibility index (Phi) is 11.9. The molecule has 0 aromatic heterocycles. The predicted octanol–water partition coefficient (Wildman–Crippen LogP) is 10.1. The van der Waals surface area contributed by atoms with Gasteiger partial charge in [0.1, 0.15) is 0 Å². The molecular weight excluding hydrogens is 631 g/mol. The van der Waals surface area contributed by atoms with Crippen LogP contribution in [-0.2, 0) is 14.4 Å². The van der Waals surface area contributed by atoms with E-state index in [1.807, 2.05) is 54.6 Å². The molecule has 0 radical (unpaired) electrons. The zero-order chi connectivity index (χ0) is 35.0. The average Bonchev–Trinajstić information content (AvgIpc) is 3.20. The summed E-state index contributed by atoms with van der Waals surface area (Å²) in [5, 5.41) is 0. The first-order valence-electron chi connectivity index (χ1n) is 20.2. The first-order chi connectivity index (χ1) is 25.1. The Bertz CT molecular complexity index is 1370. The molecule has 0 saturated heterocycles. The van der Waals surface area contributed by atoms with Gasteiger partial charge in [-0.25, -0.2) is 0 Å². The molecule has 3 amide bonds. The number of hydrogen-bond acceptors (Lipinski definition) is 3. The summed E-state index contributed by atoms with van der Waals surface area (Å²) in [6.45, 7) is 0. The van der Waals surface area contributed by atoms with Gasteiger partial charge in [0.05, 0.1) is 0 Å². The molecule has 4 aliphatic rings. The maximum absolute atomic E-state index is 15.1. The lowest BCUT2D eigenvalue weighted by atomic mass is 9.72. The van der Waals surface area contributed by atoms with Gasteiger partial charge in [0, 0.05) is 52.9 Å². The van der Waals surface area contributed by atoms with E-state index in [2.05, 4.69) is 51.1 Å². The van der Waals surface area contributed by atoms with E-state index >= 15 is 14.4 Å². The number of rotatable bonds is 9. The Labute approximate surface area is 305 Å². The number of carbonyl (C=O) groups is 3. The van der Waals surface area contributed by atoms with Crippen LogP contribution in [0.3, 0.4) is 0 Å². The minimum absolute atomic E-state index is 0.0938. The van der Waals surface area contributed by atoms with E-state index in [4.69, 9.17) is 0 Å². The summed E-state index contributed by atoms with van der Waals surface area (Å²) in [5.74, 6) is -0.936. The van der Waals surface area contributed by atoms with Crippen LogP contribution < -0.4 is 14.7 Å². The third kappa shape index (κ3) is 8.26. The van der Waals surface area contributed by atoms with Gasteiger partial charge in [0.2, 0.25) is 17.7 Å². The molecule has 0 heterocycles. The van der Waals surface area contributed by atoms with Crippen molar-refractivity contribution < 1.29 is 14.4 Å². The third-order valence-electron chi connectivity index (χ3n) is 12.4. The van der Waals surface area contributed by atoms with Gasteiger partial charge in [-0.3, -0.25) is 14.4 Å². The smallest absolute Gasteiger partial charge is 0.230 e. The highest BCUT2D eigenvalue weighted by atomic mass is 16.2. The van der Waals surface area contributed by atoms with Crippen molar-refractivity contribution in [3.8, 4) is 0 Å². The van der Waals surface area contributed by atoms with E-state index < -0.39 is 17.8 Å². The van der Waals surface area contributed by atoms with E-state index in [0.29, 0.717) is 19.3 Å². The van der Waals surface area contributed by atoms with E-state index in [-0.39, 0.29) is 35.8 Å². The lowest BCUT2D eigenvalue weighted by molar-refractivity contribution is -0.132. The molecule has 0 N–H and O–H groups in total. The van der Waals surface area contributed by atoms with Gasteiger partial charge >= 0.3 is 0 Å². The van der Waals surface area contributed by atoms with E-state index in [0.717, 1.165) is 94.1 Å². The molecule has 3 aromatic rings. The minimum Gasteiger partial charge on any atom is -0.309 e. The number of anilines is 3. The Hall–Kier alpha value is -3.93. The van der Waals surface area contributed by atoms with Gasteiger partial charge in [-0.1, -0.05) is 112 Å². The fourth-order valence-corrected chi connectivity index (χ4v) is 9.85. The number of hydrogen-bond donors (Lipinski definition) is 0. The standard InChI is InChI=1S/C45H57N3O3/c49-43(46(37-19-7-1-8-20-37)38-21-9-2-10-22-38)34-31-35(44(50)47(39-23-11-3-12-24-39)40-25-13-4-14-26-40)33-36(32-34)45(51)48(41-27-15-5-16-28-41)42-29-17-6-18-30-42/h1,3,5,7-8,11-12,15-16,19-20,23-24,27-28,34-36,38,40,42H,2,4,6,9-10,13-14,17-18,21-22,25-26,29-33H2. The quantitative estimate of drug-likeness (QED) is 0.225. The fraction of sp³-hybridized carbons (Fsp3) is 0.533. The van der Waals surface area contributed by atoms with Crippen molar-refractivity contribution in [1.82, 2.24) is 0 Å². The first-order valence-corrected chi connectivity index (χ1v) is 20.2. The van der Waals surface area contributed by atoms with Crippen LogP contribution in [0, 0.1) is 17.8 Å². The highest BCUT2D eigenvalue weighted by Crippen LogP contribution is 2.42. The monoisotopic (exact) mass is 687 g/mol. The summed E-state index contributed by atoms with van der Waals surface area (Å²) in [6, 6.07) is 30.9. The second kappa shape index (κ2) is 17.1. The van der Waals surface area contributed by atoms with Gasteiger partial charge in [0.15, 0.2) is 0 Å². The van der Waals surface area contributed by atoms with Crippen LogP contribution in [0.25, 0.3) is 0 Å². The summed E-state index contributed by atoms with van der Waals surface area (Å²) in [4.78, 5) is 51.5. The predicted molar refractivity (Wildman–Crippen MR) is 207 cm³/mol. The summed E-state index contributed by atoms with van der Waals surface area (Å²) >= 11 is 0. The van der Waals surface area contributed by atoms with Crippen LogP contribution in [0.4, 0.5) is 17.1 Å². The van der Waals surface area contributed by atoms with Crippen LogP contribution in [-0.4, -0.2) is 35.8 Å². The van der Waals surface area contributed by atoms with Crippen LogP contribution in [0.15, 0.2) is 91.0 Å². The topological polar surface area (TPSA) is 60.9 Å². The van der Waals surface area contributed by atoms with Crippen LogP contribution in [0.5, 0.6) is 0 Å². The Morgan fingerprint density at radius 1 is 0.353 bits per heavy atom. The van der Waals surface area contributed by atoms with Crippen molar-refractivity contribution in [2.75, 3.05) is 14.7 Å². The normalized spacial score (nSPS) is 23.6. The molecule has 4 fully saturated rings. The molecule has 0 atom stereocenters. The SMILES string of the molecule is O=C(C1CC(C(=O)N(c2ccccc2)C2CCCCC2)CC(C(=O)N(c2ccccc2)C2CCCCC2)C1)N(c1ccccc1)C1CCCCC1. The van der Waals surface area contributed by atoms with Crippen molar-refractivity contribution >= 4 is 34.8 Å². The maximum atomic E-state index is 15.1. The molecule has 51 heavy (non-hydrogen) atoms. The fourth-order valence-electron chi connectivity index (χ4n) is 9.85. The summed E-state index contributed by atoms with van der Waals surface area (Å²) in [7, 11) is 0. The van der Waals surface area contributed by atoms with E-state index in [1.54, 1.807) is 0 Å². The van der Waals surface area contributed by atoms with Crippen molar-refractivity contribution in [3.05, 3.63) is 91.0 Å². The number of amides is 3. The van der Waals surface area contributed by atoms with Crippen molar-refractivity contribution in [1.29, 1.82) is 0 Å². The molecule has 7 rings (SSSR count). The van der Waals surface area contributed by atoms with Crippen molar-refractivity contribution in [2.45, 2.75) is 134 Å². The summed E-state index contributed by atoms with van der Waals surface area (Å²) < 4.78 is 0. The largest absolute Gasteiger partial charge is 0.309 e. The molecule has 6 heteroatoms. The molecule has 4 saturated carbocycles. The van der Waals surface area contributed by atoms with E-state index in [1.165, 1.54) is 19.3 Å². The number of benzene rings is 3. The lowest BCUT2D eigenvalue weighted by Crippen LogP contribution is -2.52. The highest BCUT2D eigenvalue weighted by Gasteiger charge is 2.45. The molecule has 0 aliphatic heterocycles. The zero-order valence-electron chi connectivity index (χ0n) is 30.4.